The van der Waals surface area contributed by atoms with Crippen LogP contribution in [0.2, 0.25) is 0 Å². The van der Waals surface area contributed by atoms with Gasteiger partial charge in [0.1, 0.15) is 5.75 Å². The predicted octanol–water partition coefficient (Wildman–Crippen LogP) is 3.43. The highest BCUT2D eigenvalue weighted by atomic mass is 16.5. The number of carbonyl (C=O) groups is 1. The van der Waals surface area contributed by atoms with Gasteiger partial charge in [0.15, 0.2) is 5.78 Å². The zero-order valence-corrected chi connectivity index (χ0v) is 10.8. The highest BCUT2D eigenvalue weighted by molar-refractivity contribution is 6.07. The first-order valence-corrected chi connectivity index (χ1v) is 5.96. The number of aromatic nitrogens is 1. The van der Waals surface area contributed by atoms with E-state index in [0.29, 0.717) is 0 Å². The molecule has 1 aromatic carbocycles. The summed E-state index contributed by atoms with van der Waals surface area (Å²) in [6, 6.07) is 5.82. The van der Waals surface area contributed by atoms with Crippen LogP contribution < -0.4 is 4.74 Å². The second-order valence-corrected chi connectivity index (χ2v) is 4.25. The summed E-state index contributed by atoms with van der Waals surface area (Å²) in [5, 5.41) is 0.950. The van der Waals surface area contributed by atoms with Gasteiger partial charge in [0.05, 0.1) is 7.11 Å². The average Bonchev–Trinajstić information content (AvgIpc) is 2.74. The molecule has 0 saturated heterocycles. The van der Waals surface area contributed by atoms with Crippen molar-refractivity contribution in [2.45, 2.75) is 19.9 Å². The highest BCUT2D eigenvalue weighted by Gasteiger charge is 2.12. The van der Waals surface area contributed by atoms with Crippen molar-refractivity contribution in [2.75, 3.05) is 7.11 Å². The van der Waals surface area contributed by atoms with Gasteiger partial charge in [0.25, 0.3) is 0 Å². The Bertz CT molecular complexity index is 596. The van der Waals surface area contributed by atoms with Crippen molar-refractivity contribution in [3.8, 4) is 5.75 Å². The second kappa shape index (κ2) is 5.08. The number of rotatable bonds is 5. The molecule has 0 bridgehead atoms. The summed E-state index contributed by atoms with van der Waals surface area (Å²) in [5.74, 6) is 0.845. The molecule has 1 heterocycles. The van der Waals surface area contributed by atoms with Crippen molar-refractivity contribution < 1.29 is 9.53 Å². The van der Waals surface area contributed by atoms with Crippen LogP contribution in [-0.2, 0) is 6.54 Å². The molecular weight excluding hydrogens is 226 g/mol. The van der Waals surface area contributed by atoms with Crippen LogP contribution in [0, 0.1) is 0 Å². The highest BCUT2D eigenvalue weighted by Crippen LogP contribution is 2.26. The van der Waals surface area contributed by atoms with E-state index in [0.717, 1.165) is 35.2 Å². The first-order valence-electron chi connectivity index (χ1n) is 5.96. The van der Waals surface area contributed by atoms with Gasteiger partial charge in [-0.25, -0.2) is 0 Å². The number of aryl methyl sites for hydroxylation is 1. The fraction of sp³-hybridized carbons (Fsp3) is 0.267. The summed E-state index contributed by atoms with van der Waals surface area (Å²) in [4.78, 5) is 11.7. The fourth-order valence-electron chi connectivity index (χ4n) is 2.10. The van der Waals surface area contributed by atoms with E-state index in [9.17, 15) is 4.79 Å². The SMILES string of the molecule is C=CCCn1cc(C(C)=O)c2cc(OC)ccc21. The summed E-state index contributed by atoms with van der Waals surface area (Å²) in [5.41, 5.74) is 1.80. The summed E-state index contributed by atoms with van der Waals surface area (Å²) in [7, 11) is 1.63. The normalized spacial score (nSPS) is 10.6. The number of fused-ring (bicyclic) bond motifs is 1. The van der Waals surface area contributed by atoms with Gasteiger partial charge in [-0.05, 0) is 31.5 Å². The maximum absolute atomic E-state index is 11.7. The van der Waals surface area contributed by atoms with Crippen LogP contribution in [0.15, 0.2) is 37.1 Å². The Morgan fingerprint density at radius 3 is 2.89 bits per heavy atom. The number of ether oxygens (including phenoxy) is 1. The number of methoxy groups -OCH3 is 1. The molecule has 0 amide bonds. The molecule has 0 N–H and O–H groups in total. The third kappa shape index (κ3) is 2.16. The van der Waals surface area contributed by atoms with Crippen LogP contribution >= 0.6 is 0 Å². The van der Waals surface area contributed by atoms with Crippen LogP contribution in [0.5, 0.6) is 5.75 Å². The Hall–Kier alpha value is -2.03. The van der Waals surface area contributed by atoms with Crippen LogP contribution in [0.4, 0.5) is 0 Å². The minimum Gasteiger partial charge on any atom is -0.497 e. The Labute approximate surface area is 107 Å². The van der Waals surface area contributed by atoms with E-state index in [1.165, 1.54) is 0 Å². The Morgan fingerprint density at radius 1 is 1.50 bits per heavy atom. The van der Waals surface area contributed by atoms with Crippen LogP contribution in [0.3, 0.4) is 0 Å². The minimum absolute atomic E-state index is 0.0746. The van der Waals surface area contributed by atoms with Crippen LogP contribution in [-0.4, -0.2) is 17.5 Å². The molecule has 0 spiro atoms. The fourth-order valence-corrected chi connectivity index (χ4v) is 2.10. The third-order valence-electron chi connectivity index (χ3n) is 3.04. The topological polar surface area (TPSA) is 31.2 Å². The van der Waals surface area contributed by atoms with Crippen LogP contribution in [0.25, 0.3) is 10.9 Å². The van der Waals surface area contributed by atoms with Gasteiger partial charge in [0.2, 0.25) is 0 Å². The summed E-state index contributed by atoms with van der Waals surface area (Å²) in [6.45, 7) is 6.15. The van der Waals surface area contributed by atoms with E-state index >= 15 is 0 Å². The number of hydrogen-bond donors (Lipinski definition) is 0. The molecule has 0 unspecified atom stereocenters. The molecule has 1 aromatic heterocycles. The summed E-state index contributed by atoms with van der Waals surface area (Å²) in [6.07, 6.45) is 4.67. The molecule has 3 nitrogen and oxygen atoms in total. The monoisotopic (exact) mass is 243 g/mol. The molecule has 3 heteroatoms. The largest absolute Gasteiger partial charge is 0.497 e. The van der Waals surface area contributed by atoms with E-state index < -0.39 is 0 Å². The van der Waals surface area contributed by atoms with E-state index in [2.05, 4.69) is 11.1 Å². The molecule has 2 rings (SSSR count). The molecule has 0 atom stereocenters. The molecule has 0 aliphatic rings. The van der Waals surface area contributed by atoms with Gasteiger partial charge in [-0.2, -0.15) is 0 Å². The van der Waals surface area contributed by atoms with Crippen LogP contribution in [0.1, 0.15) is 23.7 Å². The van der Waals surface area contributed by atoms with Gasteiger partial charge in [-0.15, -0.1) is 6.58 Å². The standard InChI is InChI=1S/C15H17NO2/c1-4-5-8-16-10-14(11(2)17)13-9-12(18-3)6-7-15(13)16/h4,6-7,9-10H,1,5,8H2,2-3H3. The summed E-state index contributed by atoms with van der Waals surface area (Å²) >= 11 is 0. The number of hydrogen-bond acceptors (Lipinski definition) is 2. The van der Waals surface area contributed by atoms with Crippen molar-refractivity contribution in [2.24, 2.45) is 0 Å². The summed E-state index contributed by atoms with van der Waals surface area (Å²) < 4.78 is 7.30. The smallest absolute Gasteiger partial charge is 0.161 e. The Morgan fingerprint density at radius 2 is 2.28 bits per heavy atom. The lowest BCUT2D eigenvalue weighted by atomic mass is 10.1. The number of nitrogens with zero attached hydrogens (tertiary/aromatic N) is 1. The quantitative estimate of drug-likeness (QED) is 0.595. The van der Waals surface area contributed by atoms with Gasteiger partial charge in [-0.3, -0.25) is 4.79 Å². The number of benzene rings is 1. The number of carbonyl (C=O) groups excluding carboxylic acids is 1. The lowest BCUT2D eigenvalue weighted by Crippen LogP contribution is -1.94. The molecule has 94 valence electrons. The Kier molecular flexibility index (Phi) is 3.51. The van der Waals surface area contributed by atoms with E-state index in [-0.39, 0.29) is 5.78 Å². The molecule has 0 fully saturated rings. The molecule has 0 saturated carbocycles. The molecule has 0 aliphatic heterocycles. The van der Waals surface area contributed by atoms with Crippen molar-refractivity contribution in [1.82, 2.24) is 4.57 Å². The molecular formula is C15H17NO2. The lowest BCUT2D eigenvalue weighted by molar-refractivity contribution is 0.101. The van der Waals surface area contributed by atoms with Crippen molar-refractivity contribution in [3.63, 3.8) is 0 Å². The predicted molar refractivity (Wildman–Crippen MR) is 73.3 cm³/mol. The lowest BCUT2D eigenvalue weighted by Gasteiger charge is -2.04. The van der Waals surface area contributed by atoms with Crippen molar-refractivity contribution in [3.05, 3.63) is 42.6 Å². The third-order valence-corrected chi connectivity index (χ3v) is 3.04. The van der Waals surface area contributed by atoms with Crippen molar-refractivity contribution >= 4 is 16.7 Å². The number of Topliss-reactive ketones (excluding diaryl/α,β-unsaturated/α-hetero) is 1. The molecule has 18 heavy (non-hydrogen) atoms. The first kappa shape index (κ1) is 12.4. The zero-order chi connectivity index (χ0) is 13.1. The average molecular weight is 243 g/mol. The maximum atomic E-state index is 11.7. The van der Waals surface area contributed by atoms with Gasteiger partial charge < -0.3 is 9.30 Å². The minimum atomic E-state index is 0.0746. The molecule has 0 radical (unpaired) electrons. The number of ketones is 1. The Balaban J connectivity index is 2.59. The molecule has 2 aromatic rings. The van der Waals surface area contributed by atoms with Gasteiger partial charge in [0, 0.05) is 29.2 Å². The van der Waals surface area contributed by atoms with Gasteiger partial charge in [-0.1, -0.05) is 6.08 Å². The zero-order valence-electron chi connectivity index (χ0n) is 10.8. The van der Waals surface area contributed by atoms with E-state index in [1.54, 1.807) is 14.0 Å². The van der Waals surface area contributed by atoms with Gasteiger partial charge >= 0.3 is 0 Å². The van der Waals surface area contributed by atoms with E-state index in [1.807, 2.05) is 30.5 Å². The first-order chi connectivity index (χ1) is 8.67. The van der Waals surface area contributed by atoms with Crippen molar-refractivity contribution in [1.29, 1.82) is 0 Å². The maximum Gasteiger partial charge on any atom is 0.161 e. The second-order valence-electron chi connectivity index (χ2n) is 4.25. The molecule has 0 aliphatic carbocycles. The van der Waals surface area contributed by atoms with E-state index in [4.69, 9.17) is 4.74 Å². The number of allylic oxidation sites excluding steroid dienone is 1.